The van der Waals surface area contributed by atoms with Gasteiger partial charge in [-0.1, -0.05) is 23.7 Å². The van der Waals surface area contributed by atoms with Crippen molar-refractivity contribution in [3.63, 3.8) is 0 Å². The summed E-state index contributed by atoms with van der Waals surface area (Å²) in [5.74, 6) is -1.05. The van der Waals surface area contributed by atoms with Gasteiger partial charge in [0.15, 0.2) is 0 Å². The van der Waals surface area contributed by atoms with Crippen LogP contribution in [-0.4, -0.2) is 25.7 Å². The van der Waals surface area contributed by atoms with Gasteiger partial charge in [-0.15, -0.1) is 0 Å². The molecular weight excluding hydrogens is 314 g/mol. The molecule has 0 amide bonds. The van der Waals surface area contributed by atoms with Gasteiger partial charge >= 0.3 is 5.97 Å². The normalized spacial score (nSPS) is 11.7. The van der Waals surface area contributed by atoms with Crippen LogP contribution in [0.25, 0.3) is 0 Å². The monoisotopic (exact) mass is 323 g/mol. The molecule has 2 aromatic rings. The van der Waals surface area contributed by atoms with Gasteiger partial charge in [0.05, 0.1) is 10.5 Å². The number of carbonyl (C=O) groups is 1. The van der Waals surface area contributed by atoms with Gasteiger partial charge in [0.2, 0.25) is 0 Å². The number of hydrogen-bond donors (Lipinski definition) is 1. The predicted octanol–water partition coefficient (Wildman–Crippen LogP) is 2.85. The molecule has 0 fully saturated rings. The van der Waals surface area contributed by atoms with Gasteiger partial charge in [0, 0.05) is 11.2 Å². The van der Waals surface area contributed by atoms with Crippen LogP contribution in [0.2, 0.25) is 5.02 Å². The van der Waals surface area contributed by atoms with Crippen molar-refractivity contribution in [2.45, 2.75) is 4.90 Å². The minimum atomic E-state index is -3.81. The lowest BCUT2D eigenvalue weighted by Crippen LogP contribution is -1.98. The Kier molecular flexibility index (Phi) is 4.40. The average Bonchev–Trinajstić information content (AvgIpc) is 2.46. The fraction of sp³-hybridized carbons (Fsp3) is 0. The van der Waals surface area contributed by atoms with Crippen molar-refractivity contribution in [3.8, 4) is 0 Å². The van der Waals surface area contributed by atoms with E-state index in [2.05, 4.69) is 4.40 Å². The average molecular weight is 324 g/mol. The first-order chi connectivity index (χ1) is 9.88. The first-order valence-electron chi connectivity index (χ1n) is 5.78. The van der Waals surface area contributed by atoms with Crippen molar-refractivity contribution in [3.05, 3.63) is 64.7 Å². The highest BCUT2D eigenvalue weighted by Gasteiger charge is 2.11. The lowest BCUT2D eigenvalue weighted by atomic mass is 10.1. The summed E-state index contributed by atoms with van der Waals surface area (Å²) in [6.45, 7) is 0. The summed E-state index contributed by atoms with van der Waals surface area (Å²) in [6, 6.07) is 11.4. The molecule has 0 radical (unpaired) electrons. The van der Waals surface area contributed by atoms with E-state index < -0.39 is 16.0 Å². The molecule has 108 valence electrons. The first kappa shape index (κ1) is 15.2. The Morgan fingerprint density at radius 1 is 1.05 bits per heavy atom. The van der Waals surface area contributed by atoms with Crippen LogP contribution in [0, 0.1) is 0 Å². The van der Waals surface area contributed by atoms with Crippen LogP contribution in [0.4, 0.5) is 0 Å². The lowest BCUT2D eigenvalue weighted by molar-refractivity contribution is 0.0697. The Bertz CT molecular complexity index is 781. The third-order valence-electron chi connectivity index (χ3n) is 2.61. The van der Waals surface area contributed by atoms with Crippen molar-refractivity contribution in [1.82, 2.24) is 0 Å². The highest BCUT2D eigenvalue weighted by Crippen LogP contribution is 2.16. The fourth-order valence-corrected chi connectivity index (χ4v) is 2.50. The molecule has 1 N–H and O–H groups in total. The number of aromatic carboxylic acids is 1. The number of rotatable bonds is 4. The summed E-state index contributed by atoms with van der Waals surface area (Å²) in [6.07, 6.45) is 1.16. The molecule has 0 aromatic heterocycles. The molecule has 0 saturated carbocycles. The molecule has 0 saturated heterocycles. The Balaban J connectivity index is 2.23. The van der Waals surface area contributed by atoms with E-state index in [1.165, 1.54) is 48.5 Å². The zero-order valence-electron chi connectivity index (χ0n) is 10.6. The summed E-state index contributed by atoms with van der Waals surface area (Å²) in [7, 11) is -3.81. The van der Waals surface area contributed by atoms with Crippen LogP contribution < -0.4 is 0 Å². The highest BCUT2D eigenvalue weighted by molar-refractivity contribution is 7.90. The summed E-state index contributed by atoms with van der Waals surface area (Å²) in [4.78, 5) is 10.7. The molecule has 0 aliphatic heterocycles. The third kappa shape index (κ3) is 3.90. The minimum absolute atomic E-state index is 0.0327. The van der Waals surface area contributed by atoms with Crippen molar-refractivity contribution in [2.24, 2.45) is 4.40 Å². The number of sulfonamides is 1. The van der Waals surface area contributed by atoms with E-state index >= 15 is 0 Å². The molecule has 0 heterocycles. The van der Waals surface area contributed by atoms with Gasteiger partial charge in [-0.05, 0) is 42.0 Å². The summed E-state index contributed by atoms with van der Waals surface area (Å²) in [5, 5.41) is 9.20. The number of carboxylic acid groups (broad SMARTS) is 1. The van der Waals surface area contributed by atoms with E-state index in [-0.39, 0.29) is 10.5 Å². The van der Waals surface area contributed by atoms with Crippen LogP contribution in [-0.2, 0) is 10.0 Å². The van der Waals surface area contributed by atoms with Crippen molar-refractivity contribution in [2.75, 3.05) is 0 Å². The lowest BCUT2D eigenvalue weighted by Gasteiger charge is -1.99. The van der Waals surface area contributed by atoms with Gasteiger partial charge in [0.25, 0.3) is 10.0 Å². The standard InChI is InChI=1S/C14H10ClNO4S/c15-12-5-7-13(8-6-12)21(19,20)16-9-10-1-3-11(4-2-10)14(17)18/h1-9H,(H,17,18). The summed E-state index contributed by atoms with van der Waals surface area (Å²) < 4.78 is 27.5. The van der Waals surface area contributed by atoms with Crippen molar-refractivity contribution >= 4 is 33.8 Å². The smallest absolute Gasteiger partial charge is 0.335 e. The third-order valence-corrected chi connectivity index (χ3v) is 4.11. The second-order valence-electron chi connectivity index (χ2n) is 4.09. The molecule has 2 rings (SSSR count). The summed E-state index contributed by atoms with van der Waals surface area (Å²) >= 11 is 5.69. The maximum atomic E-state index is 12.0. The number of nitrogens with zero attached hydrogens (tertiary/aromatic N) is 1. The molecule has 5 nitrogen and oxygen atoms in total. The fourth-order valence-electron chi connectivity index (χ4n) is 1.51. The zero-order valence-corrected chi connectivity index (χ0v) is 12.2. The van der Waals surface area contributed by atoms with Gasteiger partial charge in [-0.3, -0.25) is 0 Å². The van der Waals surface area contributed by atoms with Gasteiger partial charge < -0.3 is 5.11 Å². The number of hydrogen-bond acceptors (Lipinski definition) is 3. The van der Waals surface area contributed by atoms with Crippen LogP contribution in [0.1, 0.15) is 15.9 Å². The minimum Gasteiger partial charge on any atom is -0.478 e. The molecule has 7 heteroatoms. The van der Waals surface area contributed by atoms with Crippen LogP contribution in [0.3, 0.4) is 0 Å². The largest absolute Gasteiger partial charge is 0.478 e. The Labute approximate surface area is 126 Å². The van der Waals surface area contributed by atoms with E-state index in [4.69, 9.17) is 16.7 Å². The van der Waals surface area contributed by atoms with E-state index in [0.29, 0.717) is 10.6 Å². The maximum Gasteiger partial charge on any atom is 0.335 e. The van der Waals surface area contributed by atoms with E-state index in [9.17, 15) is 13.2 Å². The SMILES string of the molecule is O=C(O)c1ccc(C=NS(=O)(=O)c2ccc(Cl)cc2)cc1. The highest BCUT2D eigenvalue weighted by atomic mass is 35.5. The molecule has 0 bridgehead atoms. The number of benzene rings is 2. The molecule has 0 atom stereocenters. The second-order valence-corrected chi connectivity index (χ2v) is 6.16. The van der Waals surface area contributed by atoms with E-state index in [0.717, 1.165) is 6.21 Å². The molecule has 2 aromatic carbocycles. The van der Waals surface area contributed by atoms with Crippen molar-refractivity contribution < 1.29 is 18.3 Å². The molecular formula is C14H10ClNO4S. The summed E-state index contributed by atoms with van der Waals surface area (Å²) in [5.41, 5.74) is 0.602. The van der Waals surface area contributed by atoms with Crippen LogP contribution in [0.5, 0.6) is 0 Å². The molecule has 0 spiro atoms. The number of halogens is 1. The number of carboxylic acids is 1. The Morgan fingerprint density at radius 3 is 2.14 bits per heavy atom. The molecule has 0 aliphatic rings. The Morgan fingerprint density at radius 2 is 1.62 bits per heavy atom. The molecule has 0 unspecified atom stereocenters. The zero-order chi connectivity index (χ0) is 15.5. The first-order valence-corrected chi connectivity index (χ1v) is 7.59. The van der Waals surface area contributed by atoms with Crippen LogP contribution >= 0.6 is 11.6 Å². The quantitative estimate of drug-likeness (QED) is 0.877. The Hall–Kier alpha value is -2.18. The predicted molar refractivity (Wildman–Crippen MR) is 79.6 cm³/mol. The molecule has 21 heavy (non-hydrogen) atoms. The van der Waals surface area contributed by atoms with Crippen molar-refractivity contribution in [1.29, 1.82) is 0 Å². The second kappa shape index (κ2) is 6.07. The van der Waals surface area contributed by atoms with Crippen LogP contribution in [0.15, 0.2) is 57.8 Å². The topological polar surface area (TPSA) is 83.8 Å². The maximum absolute atomic E-state index is 12.0. The molecule has 0 aliphatic carbocycles. The van der Waals surface area contributed by atoms with Gasteiger partial charge in [-0.2, -0.15) is 12.8 Å². The van der Waals surface area contributed by atoms with E-state index in [1.54, 1.807) is 0 Å². The van der Waals surface area contributed by atoms with Gasteiger partial charge in [-0.25, -0.2) is 4.79 Å². The van der Waals surface area contributed by atoms with E-state index in [1.807, 2.05) is 0 Å². The van der Waals surface area contributed by atoms with Gasteiger partial charge in [0.1, 0.15) is 0 Å².